The van der Waals surface area contributed by atoms with Crippen molar-refractivity contribution in [3.63, 3.8) is 0 Å². The van der Waals surface area contributed by atoms with Gasteiger partial charge in [0.1, 0.15) is 0 Å². The Balaban J connectivity index is 1.39. The van der Waals surface area contributed by atoms with Gasteiger partial charge in [0.2, 0.25) is 11.6 Å². The molecule has 1 N–H and O–H groups in total. The van der Waals surface area contributed by atoms with E-state index in [0.29, 0.717) is 5.92 Å². The predicted octanol–water partition coefficient (Wildman–Crippen LogP) is 2.82. The van der Waals surface area contributed by atoms with E-state index in [9.17, 15) is 5.11 Å². The van der Waals surface area contributed by atoms with Crippen molar-refractivity contribution in [3.05, 3.63) is 0 Å². The number of hydrogen-bond donors (Lipinski definition) is 1. The van der Waals surface area contributed by atoms with Crippen LogP contribution in [0.5, 0.6) is 0 Å². The van der Waals surface area contributed by atoms with E-state index < -0.39 is 17.2 Å². The molecule has 0 aromatic rings. The van der Waals surface area contributed by atoms with Crippen LogP contribution in [0, 0.1) is 17.8 Å². The first kappa shape index (κ1) is 13.3. The third-order valence-electron chi connectivity index (χ3n) is 6.56. The van der Waals surface area contributed by atoms with Gasteiger partial charge in [-0.2, -0.15) is 19.6 Å². The van der Waals surface area contributed by atoms with Crippen LogP contribution in [-0.2, 0) is 19.6 Å². The van der Waals surface area contributed by atoms with Gasteiger partial charge in [-0.05, 0) is 50.9 Å². The standard InChI is InChI=1S/C16H24O5/c17-14-8-11-6-12(9-14)16(13(7-11)10-14)20-18-15(19-21-16)4-2-1-3-5-15/h11-13,17H,1-10H2. The molecule has 0 amide bonds. The van der Waals surface area contributed by atoms with E-state index in [0.717, 1.165) is 57.8 Å². The molecule has 2 spiro atoms. The molecule has 0 radical (unpaired) electrons. The van der Waals surface area contributed by atoms with Gasteiger partial charge >= 0.3 is 0 Å². The minimum atomic E-state index is -0.772. The summed E-state index contributed by atoms with van der Waals surface area (Å²) in [7, 11) is 0. The van der Waals surface area contributed by atoms with Crippen molar-refractivity contribution < 1.29 is 24.7 Å². The van der Waals surface area contributed by atoms with Crippen LogP contribution in [0.2, 0.25) is 0 Å². The Hall–Kier alpha value is -0.200. The van der Waals surface area contributed by atoms with Crippen LogP contribution in [0.3, 0.4) is 0 Å². The van der Waals surface area contributed by atoms with Crippen molar-refractivity contribution in [1.82, 2.24) is 0 Å². The second-order valence-corrected chi connectivity index (χ2v) is 8.09. The molecule has 2 unspecified atom stereocenters. The van der Waals surface area contributed by atoms with Crippen LogP contribution in [-0.4, -0.2) is 22.3 Å². The van der Waals surface area contributed by atoms with Gasteiger partial charge in [0.25, 0.3) is 0 Å². The second-order valence-electron chi connectivity index (χ2n) is 8.09. The van der Waals surface area contributed by atoms with Crippen LogP contribution in [0.15, 0.2) is 0 Å². The molecule has 5 saturated carbocycles. The summed E-state index contributed by atoms with van der Waals surface area (Å²) in [6.07, 6.45) is 9.64. The summed E-state index contributed by atoms with van der Waals surface area (Å²) in [5.41, 5.74) is -0.506. The minimum Gasteiger partial charge on any atom is -0.390 e. The monoisotopic (exact) mass is 296 g/mol. The van der Waals surface area contributed by atoms with Gasteiger partial charge in [0.15, 0.2) is 0 Å². The first-order valence-electron chi connectivity index (χ1n) is 8.58. The zero-order valence-electron chi connectivity index (χ0n) is 12.4. The molecule has 118 valence electrons. The summed E-state index contributed by atoms with van der Waals surface area (Å²) >= 11 is 0. The normalized spacial score (nSPS) is 49.9. The van der Waals surface area contributed by atoms with Crippen molar-refractivity contribution >= 4 is 0 Å². The number of aliphatic hydroxyl groups is 1. The summed E-state index contributed by atoms with van der Waals surface area (Å²) in [6.45, 7) is 0. The molecular formula is C16H24O5. The average Bonchev–Trinajstić information content (AvgIpc) is 2.46. The first-order valence-corrected chi connectivity index (χ1v) is 8.58. The summed E-state index contributed by atoms with van der Waals surface area (Å²) in [5.74, 6) is -0.471. The van der Waals surface area contributed by atoms with Crippen LogP contribution in [0.1, 0.15) is 64.2 Å². The Morgan fingerprint density at radius 3 is 1.95 bits per heavy atom. The molecule has 1 heterocycles. The smallest absolute Gasteiger partial charge is 0.240 e. The summed E-state index contributed by atoms with van der Waals surface area (Å²) < 4.78 is 0. The molecule has 0 aromatic carbocycles. The second kappa shape index (κ2) is 4.20. The molecule has 6 aliphatic rings. The molecule has 1 saturated heterocycles. The quantitative estimate of drug-likeness (QED) is 0.697. The highest BCUT2D eigenvalue weighted by Gasteiger charge is 2.67. The molecule has 5 nitrogen and oxygen atoms in total. The SMILES string of the molecule is OC12CC3CC(C1)C1(OOC4(CCCCC4)OO1)C(C3)C2. The zero-order chi connectivity index (χ0) is 14.1. The third-order valence-corrected chi connectivity index (χ3v) is 6.56. The lowest BCUT2D eigenvalue weighted by Crippen LogP contribution is -2.68. The maximum absolute atomic E-state index is 10.7. The molecule has 5 aliphatic carbocycles. The van der Waals surface area contributed by atoms with Crippen molar-refractivity contribution in [1.29, 1.82) is 0 Å². The average molecular weight is 296 g/mol. The van der Waals surface area contributed by atoms with Crippen LogP contribution in [0.25, 0.3) is 0 Å². The number of rotatable bonds is 0. The Bertz CT molecular complexity index is 416. The summed E-state index contributed by atoms with van der Waals surface area (Å²) in [4.78, 5) is 23.4. The van der Waals surface area contributed by atoms with Crippen molar-refractivity contribution in [3.8, 4) is 0 Å². The fraction of sp³-hybridized carbons (Fsp3) is 1.00. The zero-order valence-corrected chi connectivity index (χ0v) is 12.4. The molecule has 21 heavy (non-hydrogen) atoms. The van der Waals surface area contributed by atoms with Crippen LogP contribution < -0.4 is 0 Å². The highest BCUT2D eigenvalue weighted by Crippen LogP contribution is 2.63. The summed E-state index contributed by atoms with van der Waals surface area (Å²) in [5, 5.41) is 10.7. The molecule has 5 heteroatoms. The predicted molar refractivity (Wildman–Crippen MR) is 71.4 cm³/mol. The molecule has 6 rings (SSSR count). The van der Waals surface area contributed by atoms with Crippen LogP contribution >= 0.6 is 0 Å². The van der Waals surface area contributed by atoms with E-state index in [1.165, 1.54) is 6.42 Å². The fourth-order valence-corrected chi connectivity index (χ4v) is 5.72. The van der Waals surface area contributed by atoms with Gasteiger partial charge in [-0.25, -0.2) is 0 Å². The maximum Gasteiger partial charge on any atom is 0.240 e. The molecule has 1 aliphatic heterocycles. The summed E-state index contributed by atoms with van der Waals surface area (Å²) in [6, 6.07) is 0. The maximum atomic E-state index is 10.7. The van der Waals surface area contributed by atoms with Crippen molar-refractivity contribution in [2.45, 2.75) is 81.4 Å². The van der Waals surface area contributed by atoms with Gasteiger partial charge in [-0.1, -0.05) is 6.42 Å². The van der Waals surface area contributed by atoms with Gasteiger partial charge in [-0.15, -0.1) is 0 Å². The fourth-order valence-electron chi connectivity index (χ4n) is 5.72. The van der Waals surface area contributed by atoms with Gasteiger partial charge in [0, 0.05) is 24.7 Å². The molecule has 4 bridgehead atoms. The van der Waals surface area contributed by atoms with E-state index in [-0.39, 0.29) is 11.8 Å². The first-order chi connectivity index (χ1) is 10.1. The molecular weight excluding hydrogens is 272 g/mol. The Kier molecular flexibility index (Phi) is 2.65. The Morgan fingerprint density at radius 1 is 0.762 bits per heavy atom. The van der Waals surface area contributed by atoms with Gasteiger partial charge in [-0.3, -0.25) is 0 Å². The van der Waals surface area contributed by atoms with Crippen LogP contribution in [0.4, 0.5) is 0 Å². The van der Waals surface area contributed by atoms with Crippen molar-refractivity contribution in [2.24, 2.45) is 17.8 Å². The van der Waals surface area contributed by atoms with E-state index in [2.05, 4.69) is 0 Å². The van der Waals surface area contributed by atoms with E-state index >= 15 is 0 Å². The van der Waals surface area contributed by atoms with Crippen molar-refractivity contribution in [2.75, 3.05) is 0 Å². The van der Waals surface area contributed by atoms with Gasteiger partial charge < -0.3 is 5.11 Å². The topological polar surface area (TPSA) is 57.2 Å². The Labute approximate surface area is 124 Å². The molecule has 0 aromatic heterocycles. The van der Waals surface area contributed by atoms with E-state index in [1.807, 2.05) is 0 Å². The molecule has 6 fully saturated rings. The van der Waals surface area contributed by atoms with Gasteiger partial charge in [0.05, 0.1) is 5.60 Å². The lowest BCUT2D eigenvalue weighted by Gasteiger charge is -2.62. The molecule has 2 atom stereocenters. The van der Waals surface area contributed by atoms with E-state index in [1.54, 1.807) is 0 Å². The highest BCUT2D eigenvalue weighted by atomic mass is 17.4. The minimum absolute atomic E-state index is 0.190. The Morgan fingerprint density at radius 2 is 1.38 bits per heavy atom. The largest absolute Gasteiger partial charge is 0.390 e. The lowest BCUT2D eigenvalue weighted by atomic mass is 9.51. The highest BCUT2D eigenvalue weighted by molar-refractivity contribution is 5.09. The number of hydrogen-bond acceptors (Lipinski definition) is 5. The van der Waals surface area contributed by atoms with E-state index in [4.69, 9.17) is 19.6 Å². The lowest BCUT2D eigenvalue weighted by molar-refractivity contribution is -0.681. The third kappa shape index (κ3) is 1.81.